The molecule has 0 saturated carbocycles. The fourth-order valence-corrected chi connectivity index (χ4v) is 3.41. The van der Waals surface area contributed by atoms with Crippen LogP contribution in [0.5, 0.6) is 0 Å². The Labute approximate surface area is 115 Å². The van der Waals surface area contributed by atoms with Crippen LogP contribution in [-0.4, -0.2) is 49.2 Å². The third-order valence-electron chi connectivity index (χ3n) is 3.49. The molecule has 0 aromatic carbocycles. The van der Waals surface area contributed by atoms with Gasteiger partial charge in [0.15, 0.2) is 0 Å². The summed E-state index contributed by atoms with van der Waals surface area (Å²) in [6.45, 7) is 8.28. The van der Waals surface area contributed by atoms with Crippen LogP contribution in [-0.2, 0) is 10.0 Å². The van der Waals surface area contributed by atoms with Crippen molar-refractivity contribution in [3.8, 4) is 0 Å². The lowest BCUT2D eigenvalue weighted by Gasteiger charge is -2.20. The van der Waals surface area contributed by atoms with E-state index in [1.165, 1.54) is 6.92 Å². The third kappa shape index (κ3) is 4.15. The molecule has 1 rings (SSSR count). The van der Waals surface area contributed by atoms with Gasteiger partial charge in [-0.1, -0.05) is 12.2 Å². The van der Waals surface area contributed by atoms with Crippen LogP contribution in [0.2, 0.25) is 0 Å². The van der Waals surface area contributed by atoms with Crippen LogP contribution in [0.3, 0.4) is 0 Å². The van der Waals surface area contributed by atoms with Gasteiger partial charge in [0.2, 0.25) is 10.0 Å². The Kier molecular flexibility index (Phi) is 5.51. The van der Waals surface area contributed by atoms with Crippen molar-refractivity contribution >= 4 is 27.2 Å². The van der Waals surface area contributed by atoms with E-state index in [1.807, 2.05) is 0 Å². The number of hydrogen-bond acceptors (Lipinski definition) is 4. The molecule has 3 N–H and O–H groups in total. The summed E-state index contributed by atoms with van der Waals surface area (Å²) < 4.78 is 26.3. The van der Waals surface area contributed by atoms with E-state index in [1.54, 1.807) is 0 Å². The van der Waals surface area contributed by atoms with Gasteiger partial charge in [-0.25, -0.2) is 13.1 Å². The summed E-state index contributed by atoms with van der Waals surface area (Å²) in [5.74, 6) is 0.376. The van der Waals surface area contributed by atoms with Crippen LogP contribution in [0.25, 0.3) is 0 Å². The van der Waals surface area contributed by atoms with Crippen molar-refractivity contribution in [1.29, 1.82) is 0 Å². The molecule has 7 heteroatoms. The smallest absolute Gasteiger partial charge is 0.220 e. The number of likely N-dealkylation sites (tertiary alicyclic amines) is 1. The zero-order chi connectivity index (χ0) is 13.9. The first-order chi connectivity index (χ1) is 8.24. The quantitative estimate of drug-likeness (QED) is 0.690. The van der Waals surface area contributed by atoms with Gasteiger partial charge in [-0.15, -0.1) is 0 Å². The number of rotatable bonds is 6. The van der Waals surface area contributed by atoms with Crippen molar-refractivity contribution in [3.63, 3.8) is 0 Å². The van der Waals surface area contributed by atoms with Gasteiger partial charge in [-0.3, -0.25) is 0 Å². The summed E-state index contributed by atoms with van der Waals surface area (Å²) in [5.41, 5.74) is 5.37. The first-order valence-electron chi connectivity index (χ1n) is 6.26. The van der Waals surface area contributed by atoms with E-state index >= 15 is 0 Å². The average Bonchev–Trinajstić information content (AvgIpc) is 2.74. The fraction of sp³-hybridized carbons (Fsp3) is 0.909. The standard InChI is InChI=1S/C11H23N3O2S2/c1-8(2)14-5-4-10(7-14)6-13-18(15,16)9(3)11(12)17/h8-10,13H,4-7H2,1-3H3,(H2,12,17). The normalized spacial score (nSPS) is 23.4. The molecule has 0 spiro atoms. The maximum Gasteiger partial charge on any atom is 0.220 e. The average molecular weight is 293 g/mol. The minimum Gasteiger partial charge on any atom is -0.392 e. The monoisotopic (exact) mass is 293 g/mol. The Balaban J connectivity index is 2.45. The molecule has 0 amide bonds. The molecule has 106 valence electrons. The van der Waals surface area contributed by atoms with Gasteiger partial charge in [-0.2, -0.15) is 0 Å². The predicted molar refractivity (Wildman–Crippen MR) is 78.0 cm³/mol. The Morgan fingerprint density at radius 1 is 1.50 bits per heavy atom. The van der Waals surface area contributed by atoms with Crippen molar-refractivity contribution in [2.45, 2.75) is 38.5 Å². The topological polar surface area (TPSA) is 75.4 Å². The molecule has 2 unspecified atom stereocenters. The fourth-order valence-electron chi connectivity index (χ4n) is 2.01. The maximum absolute atomic E-state index is 11.9. The highest BCUT2D eigenvalue weighted by molar-refractivity contribution is 7.93. The van der Waals surface area contributed by atoms with Gasteiger partial charge < -0.3 is 10.6 Å². The number of nitrogens with one attached hydrogen (secondary N) is 1. The molecule has 2 atom stereocenters. The van der Waals surface area contributed by atoms with Gasteiger partial charge in [-0.05, 0) is 39.7 Å². The lowest BCUT2D eigenvalue weighted by atomic mass is 10.1. The Morgan fingerprint density at radius 2 is 2.11 bits per heavy atom. The maximum atomic E-state index is 11.9. The van der Waals surface area contributed by atoms with Crippen molar-refractivity contribution in [2.75, 3.05) is 19.6 Å². The van der Waals surface area contributed by atoms with Gasteiger partial charge in [0.25, 0.3) is 0 Å². The summed E-state index contributed by atoms with van der Waals surface area (Å²) in [6.07, 6.45) is 1.03. The molecule has 1 aliphatic heterocycles. The van der Waals surface area contributed by atoms with Crippen LogP contribution in [0, 0.1) is 5.92 Å². The van der Waals surface area contributed by atoms with Crippen LogP contribution < -0.4 is 10.5 Å². The van der Waals surface area contributed by atoms with Crippen molar-refractivity contribution < 1.29 is 8.42 Å². The van der Waals surface area contributed by atoms with E-state index in [2.05, 4.69) is 23.5 Å². The molecule has 1 fully saturated rings. The van der Waals surface area contributed by atoms with E-state index in [-0.39, 0.29) is 4.99 Å². The summed E-state index contributed by atoms with van der Waals surface area (Å²) in [7, 11) is -3.42. The highest BCUT2D eigenvalue weighted by Gasteiger charge is 2.28. The van der Waals surface area contributed by atoms with E-state index in [0.29, 0.717) is 18.5 Å². The molecule has 0 radical (unpaired) electrons. The second-order valence-corrected chi connectivity index (χ2v) is 7.74. The first-order valence-corrected chi connectivity index (χ1v) is 8.21. The highest BCUT2D eigenvalue weighted by Crippen LogP contribution is 2.18. The summed E-state index contributed by atoms with van der Waals surface area (Å²) in [4.78, 5) is 2.37. The van der Waals surface area contributed by atoms with E-state index in [0.717, 1.165) is 19.5 Å². The van der Waals surface area contributed by atoms with E-state index in [9.17, 15) is 8.42 Å². The highest BCUT2D eigenvalue weighted by atomic mass is 32.2. The Bertz CT molecular complexity index is 395. The number of nitrogens with zero attached hydrogens (tertiary/aromatic N) is 1. The molecule has 0 bridgehead atoms. The minimum atomic E-state index is -3.42. The van der Waals surface area contributed by atoms with Crippen LogP contribution >= 0.6 is 12.2 Å². The Hall–Kier alpha value is -0.240. The lowest BCUT2D eigenvalue weighted by molar-refractivity contribution is 0.265. The lowest BCUT2D eigenvalue weighted by Crippen LogP contribution is -2.42. The van der Waals surface area contributed by atoms with Crippen molar-refractivity contribution in [1.82, 2.24) is 9.62 Å². The van der Waals surface area contributed by atoms with Gasteiger partial charge in [0.1, 0.15) is 5.25 Å². The summed E-state index contributed by atoms with van der Waals surface area (Å²) >= 11 is 4.72. The number of sulfonamides is 1. The van der Waals surface area contributed by atoms with E-state index in [4.69, 9.17) is 18.0 Å². The molecule has 1 aliphatic rings. The molecule has 0 aromatic heterocycles. The SMILES string of the molecule is CC(C)N1CCC(CNS(=O)(=O)C(C)C(N)=S)C1. The van der Waals surface area contributed by atoms with Crippen LogP contribution in [0.4, 0.5) is 0 Å². The minimum absolute atomic E-state index is 0.0118. The number of hydrogen-bond donors (Lipinski definition) is 2. The molecule has 5 nitrogen and oxygen atoms in total. The van der Waals surface area contributed by atoms with Crippen molar-refractivity contribution in [2.24, 2.45) is 11.7 Å². The van der Waals surface area contributed by atoms with Crippen LogP contribution in [0.15, 0.2) is 0 Å². The van der Waals surface area contributed by atoms with Gasteiger partial charge in [0, 0.05) is 19.1 Å². The van der Waals surface area contributed by atoms with Crippen molar-refractivity contribution in [3.05, 3.63) is 0 Å². The molecular formula is C11H23N3O2S2. The van der Waals surface area contributed by atoms with E-state index < -0.39 is 15.3 Å². The molecule has 0 aromatic rings. The number of thiocarbonyl (C=S) groups is 1. The molecular weight excluding hydrogens is 270 g/mol. The third-order valence-corrected chi connectivity index (χ3v) is 5.74. The summed E-state index contributed by atoms with van der Waals surface area (Å²) in [5, 5.41) is -0.810. The summed E-state index contributed by atoms with van der Waals surface area (Å²) in [6, 6.07) is 0.516. The molecule has 18 heavy (non-hydrogen) atoms. The van der Waals surface area contributed by atoms with Crippen LogP contribution in [0.1, 0.15) is 27.2 Å². The molecule has 1 heterocycles. The second kappa shape index (κ2) is 6.27. The second-order valence-electron chi connectivity index (χ2n) is 5.18. The first kappa shape index (κ1) is 15.8. The largest absolute Gasteiger partial charge is 0.392 e. The number of nitrogens with two attached hydrogens (primary N) is 1. The Morgan fingerprint density at radius 3 is 2.56 bits per heavy atom. The zero-order valence-electron chi connectivity index (χ0n) is 11.2. The van der Waals surface area contributed by atoms with Gasteiger partial charge >= 0.3 is 0 Å². The van der Waals surface area contributed by atoms with Gasteiger partial charge in [0.05, 0.1) is 4.99 Å². The zero-order valence-corrected chi connectivity index (χ0v) is 12.9. The predicted octanol–water partition coefficient (Wildman–Crippen LogP) is 0.311. The molecule has 1 saturated heterocycles. The molecule has 0 aliphatic carbocycles.